The summed E-state index contributed by atoms with van der Waals surface area (Å²) in [5.74, 6) is -2.30. The Morgan fingerprint density at radius 1 is 0.818 bits per heavy atom. The molecule has 0 aliphatic rings. The summed E-state index contributed by atoms with van der Waals surface area (Å²) in [6.45, 7) is 3.81. The van der Waals surface area contributed by atoms with Gasteiger partial charge in [-0.15, -0.1) is 0 Å². The van der Waals surface area contributed by atoms with Crippen molar-refractivity contribution in [3.8, 4) is 0 Å². The van der Waals surface area contributed by atoms with Gasteiger partial charge < -0.3 is 9.68 Å². The molecule has 0 aromatic heterocycles. The van der Waals surface area contributed by atoms with Crippen molar-refractivity contribution in [1.82, 2.24) is 0 Å². The molecule has 0 unspecified atom stereocenters. The van der Waals surface area contributed by atoms with E-state index in [1.165, 1.54) is 0 Å². The lowest BCUT2D eigenvalue weighted by Gasteiger charge is -2.10. The van der Waals surface area contributed by atoms with Crippen LogP contribution in [0.15, 0.2) is 48.5 Å². The van der Waals surface area contributed by atoms with Crippen LogP contribution in [0.3, 0.4) is 0 Å². The van der Waals surface area contributed by atoms with Crippen LogP contribution in [0.1, 0.15) is 11.1 Å². The number of anilines is 2. The molecule has 6 heteroatoms. The first-order valence-electron chi connectivity index (χ1n) is 6.63. The lowest BCUT2D eigenvalue weighted by molar-refractivity contribution is -0.164. The standard InChI is InChI=1S/C16H16N2O4/c1-11-7-6-10-14(12(11)2)18-22-16(20)15(19)21-17-13-8-4-3-5-9-13/h3-10,17-18H,1-2H3. The molecule has 2 aromatic rings. The van der Waals surface area contributed by atoms with Crippen LogP contribution in [0.25, 0.3) is 0 Å². The number of hydrogen-bond acceptors (Lipinski definition) is 6. The molecule has 0 radical (unpaired) electrons. The van der Waals surface area contributed by atoms with Gasteiger partial charge in [0.05, 0.1) is 11.4 Å². The molecule has 0 fully saturated rings. The number of rotatable bonds is 4. The maximum Gasteiger partial charge on any atom is 0.443 e. The molecule has 0 amide bonds. The Kier molecular flexibility index (Phi) is 4.98. The third-order valence-electron chi connectivity index (χ3n) is 3.06. The fraction of sp³-hybridized carbons (Fsp3) is 0.125. The van der Waals surface area contributed by atoms with Crippen LogP contribution in [-0.4, -0.2) is 11.9 Å². The number of para-hydroxylation sites is 1. The van der Waals surface area contributed by atoms with Gasteiger partial charge in [-0.2, -0.15) is 0 Å². The molecule has 2 aromatic carbocycles. The van der Waals surface area contributed by atoms with E-state index in [9.17, 15) is 9.59 Å². The predicted molar refractivity (Wildman–Crippen MR) is 81.8 cm³/mol. The molecule has 114 valence electrons. The third-order valence-corrected chi connectivity index (χ3v) is 3.06. The summed E-state index contributed by atoms with van der Waals surface area (Å²) in [4.78, 5) is 32.4. The molecule has 22 heavy (non-hydrogen) atoms. The van der Waals surface area contributed by atoms with E-state index in [-0.39, 0.29) is 0 Å². The van der Waals surface area contributed by atoms with Crippen molar-refractivity contribution < 1.29 is 19.3 Å². The summed E-state index contributed by atoms with van der Waals surface area (Å²) in [6.07, 6.45) is 0. The molecule has 0 atom stereocenters. The van der Waals surface area contributed by atoms with Gasteiger partial charge in [0.1, 0.15) is 0 Å². The van der Waals surface area contributed by atoms with Crippen LogP contribution < -0.4 is 11.0 Å². The number of hydrogen-bond donors (Lipinski definition) is 2. The van der Waals surface area contributed by atoms with E-state index in [0.29, 0.717) is 11.4 Å². The van der Waals surface area contributed by atoms with Gasteiger partial charge in [0.25, 0.3) is 0 Å². The van der Waals surface area contributed by atoms with Gasteiger partial charge in [-0.1, -0.05) is 30.3 Å². The van der Waals surface area contributed by atoms with Crippen molar-refractivity contribution in [2.45, 2.75) is 13.8 Å². The maximum absolute atomic E-state index is 11.5. The van der Waals surface area contributed by atoms with Gasteiger partial charge in [0, 0.05) is 0 Å². The van der Waals surface area contributed by atoms with E-state index < -0.39 is 11.9 Å². The Labute approximate surface area is 128 Å². The Morgan fingerprint density at radius 3 is 2.14 bits per heavy atom. The fourth-order valence-corrected chi connectivity index (χ4v) is 1.66. The van der Waals surface area contributed by atoms with Crippen LogP contribution in [0.4, 0.5) is 11.4 Å². The van der Waals surface area contributed by atoms with Gasteiger partial charge in [-0.25, -0.2) is 20.5 Å². The predicted octanol–water partition coefficient (Wildman–Crippen LogP) is 2.74. The first-order chi connectivity index (χ1) is 10.6. The van der Waals surface area contributed by atoms with Crippen molar-refractivity contribution in [2.24, 2.45) is 0 Å². The van der Waals surface area contributed by atoms with Crippen LogP contribution in [0.5, 0.6) is 0 Å². The van der Waals surface area contributed by atoms with E-state index in [4.69, 9.17) is 4.84 Å². The molecule has 2 N–H and O–H groups in total. The van der Waals surface area contributed by atoms with E-state index in [1.54, 1.807) is 30.3 Å². The minimum atomic E-state index is -1.15. The van der Waals surface area contributed by atoms with Crippen molar-refractivity contribution >= 4 is 23.3 Å². The van der Waals surface area contributed by atoms with Gasteiger partial charge in [-0.05, 0) is 43.2 Å². The number of benzene rings is 2. The molecule has 0 spiro atoms. The summed E-state index contributed by atoms with van der Waals surface area (Å²) < 4.78 is 0. The minimum absolute atomic E-state index is 0.547. The summed E-state index contributed by atoms with van der Waals surface area (Å²) >= 11 is 0. The lowest BCUT2D eigenvalue weighted by atomic mass is 10.1. The zero-order valence-corrected chi connectivity index (χ0v) is 12.3. The topological polar surface area (TPSA) is 76.7 Å². The van der Waals surface area contributed by atoms with E-state index in [2.05, 4.69) is 15.8 Å². The third kappa shape index (κ3) is 3.99. The highest BCUT2D eigenvalue weighted by Gasteiger charge is 2.19. The first kappa shape index (κ1) is 15.4. The van der Waals surface area contributed by atoms with Crippen LogP contribution in [-0.2, 0) is 19.3 Å². The quantitative estimate of drug-likeness (QED) is 0.668. The van der Waals surface area contributed by atoms with E-state index in [1.807, 2.05) is 32.0 Å². The molecule has 0 saturated carbocycles. The molecular weight excluding hydrogens is 284 g/mol. The molecule has 0 heterocycles. The molecular formula is C16H16N2O4. The highest BCUT2D eigenvalue weighted by molar-refractivity contribution is 6.29. The fourth-order valence-electron chi connectivity index (χ4n) is 1.66. The Balaban J connectivity index is 1.84. The second-order valence-electron chi connectivity index (χ2n) is 4.60. The highest BCUT2D eigenvalue weighted by atomic mass is 16.7. The van der Waals surface area contributed by atoms with Crippen LogP contribution >= 0.6 is 0 Å². The number of aryl methyl sites for hydroxylation is 1. The SMILES string of the molecule is Cc1cccc(NOC(=O)C(=O)ONc2ccccc2)c1C. The van der Waals surface area contributed by atoms with Gasteiger partial charge >= 0.3 is 11.9 Å². The lowest BCUT2D eigenvalue weighted by Crippen LogP contribution is -2.25. The van der Waals surface area contributed by atoms with Gasteiger partial charge in [0.2, 0.25) is 0 Å². The maximum atomic E-state index is 11.5. The smallest absolute Gasteiger partial charge is 0.332 e. The molecule has 0 saturated heterocycles. The van der Waals surface area contributed by atoms with Crippen molar-refractivity contribution in [1.29, 1.82) is 0 Å². The van der Waals surface area contributed by atoms with E-state index >= 15 is 0 Å². The number of carbonyl (C=O) groups is 2. The molecule has 6 nitrogen and oxygen atoms in total. The summed E-state index contributed by atoms with van der Waals surface area (Å²) in [5.41, 5.74) is 7.93. The van der Waals surface area contributed by atoms with E-state index in [0.717, 1.165) is 11.1 Å². The zero-order chi connectivity index (χ0) is 15.9. The Hall–Kier alpha value is -3.02. The Morgan fingerprint density at radius 2 is 1.45 bits per heavy atom. The van der Waals surface area contributed by atoms with Crippen LogP contribution in [0.2, 0.25) is 0 Å². The molecule has 0 aliphatic carbocycles. The second-order valence-corrected chi connectivity index (χ2v) is 4.60. The van der Waals surface area contributed by atoms with Gasteiger partial charge in [-0.3, -0.25) is 0 Å². The monoisotopic (exact) mass is 300 g/mol. The summed E-state index contributed by atoms with van der Waals surface area (Å²) in [7, 11) is 0. The average molecular weight is 300 g/mol. The normalized spacial score (nSPS) is 9.73. The molecule has 0 bridgehead atoms. The van der Waals surface area contributed by atoms with Crippen molar-refractivity contribution in [2.75, 3.05) is 11.0 Å². The Bertz CT molecular complexity index is 671. The van der Waals surface area contributed by atoms with Crippen molar-refractivity contribution in [3.63, 3.8) is 0 Å². The minimum Gasteiger partial charge on any atom is -0.332 e. The summed E-state index contributed by atoms with van der Waals surface area (Å²) in [5, 5.41) is 0. The summed E-state index contributed by atoms with van der Waals surface area (Å²) in [6, 6.07) is 14.2. The average Bonchev–Trinajstić information content (AvgIpc) is 2.54. The molecule has 2 rings (SSSR count). The van der Waals surface area contributed by atoms with Gasteiger partial charge in [0.15, 0.2) is 0 Å². The molecule has 0 aliphatic heterocycles. The van der Waals surface area contributed by atoms with Crippen LogP contribution in [0, 0.1) is 13.8 Å². The largest absolute Gasteiger partial charge is 0.443 e. The second kappa shape index (κ2) is 7.12. The first-order valence-corrected chi connectivity index (χ1v) is 6.63. The highest BCUT2D eigenvalue weighted by Crippen LogP contribution is 2.17. The number of nitrogens with one attached hydrogen (secondary N) is 2. The number of carbonyl (C=O) groups excluding carboxylic acids is 2. The van der Waals surface area contributed by atoms with Crippen molar-refractivity contribution in [3.05, 3.63) is 59.7 Å². The zero-order valence-electron chi connectivity index (χ0n) is 12.3.